The van der Waals surface area contributed by atoms with Crippen molar-refractivity contribution in [2.45, 2.75) is 90.4 Å². The van der Waals surface area contributed by atoms with Crippen LogP contribution in [0.2, 0.25) is 0 Å². The van der Waals surface area contributed by atoms with Gasteiger partial charge in [-0.05, 0) is 64.2 Å². The van der Waals surface area contributed by atoms with E-state index in [2.05, 4.69) is 30.2 Å². The van der Waals surface area contributed by atoms with Crippen molar-refractivity contribution in [3.8, 4) is 18.8 Å². The van der Waals surface area contributed by atoms with Crippen LogP contribution in [0, 0.1) is 40.0 Å². The molecule has 0 spiro atoms. The lowest BCUT2D eigenvalue weighted by atomic mass is 9.88. The van der Waals surface area contributed by atoms with Crippen LogP contribution in [0.15, 0.2) is 0 Å². The van der Waals surface area contributed by atoms with E-state index in [4.69, 9.17) is 30.0 Å². The third kappa shape index (κ3) is 25.9. The molecule has 45 heavy (non-hydrogen) atoms. The summed E-state index contributed by atoms with van der Waals surface area (Å²) >= 11 is 0. The lowest BCUT2D eigenvalue weighted by Crippen LogP contribution is -2.42. The molecule has 0 radical (unpaired) electrons. The molecule has 0 unspecified atom stereocenters. The lowest BCUT2D eigenvalue weighted by molar-refractivity contribution is -0.0175. The fraction of sp³-hybridized carbons (Fsp3) is 0.800. The van der Waals surface area contributed by atoms with E-state index in [0.29, 0.717) is 45.9 Å². The molecule has 15 heteroatoms. The summed E-state index contributed by atoms with van der Waals surface area (Å²) in [4.78, 5) is 37.1. The number of ether oxygens (including phenoxy) is 6. The Hall–Kier alpha value is -4.32. The van der Waals surface area contributed by atoms with E-state index in [-0.39, 0.29) is 19.8 Å². The van der Waals surface area contributed by atoms with Gasteiger partial charge in [0.2, 0.25) is 0 Å². The second-order valence-corrected chi connectivity index (χ2v) is 10.4. The molecule has 0 aliphatic heterocycles. The van der Waals surface area contributed by atoms with Crippen molar-refractivity contribution in [2.24, 2.45) is 5.41 Å². The lowest BCUT2D eigenvalue weighted by Gasteiger charge is -2.31. The summed E-state index contributed by atoms with van der Waals surface area (Å²) in [7, 11) is 0. The maximum Gasteiger partial charge on any atom is 0.407 e. The number of hydrogen-bond acceptors (Lipinski definition) is 12. The highest BCUT2D eigenvalue weighted by molar-refractivity contribution is 5.68. The van der Waals surface area contributed by atoms with Gasteiger partial charge >= 0.3 is 18.3 Å². The van der Waals surface area contributed by atoms with Crippen molar-refractivity contribution in [2.75, 3.05) is 59.3 Å². The Morgan fingerprint density at radius 3 is 1.07 bits per heavy atom. The van der Waals surface area contributed by atoms with Gasteiger partial charge in [-0.15, -0.1) is 0 Å². The number of amides is 3. The Bertz CT molecular complexity index is 805. The number of hydrogen-bond donors (Lipinski definition) is 3. The van der Waals surface area contributed by atoms with Crippen molar-refractivity contribution in [1.82, 2.24) is 16.0 Å². The minimum absolute atomic E-state index is 0.142. The number of unbranched alkanes of at least 4 members (excludes halogenated alkanes) is 9. The molecule has 0 heterocycles. The second-order valence-electron chi connectivity index (χ2n) is 10.4. The fourth-order valence-corrected chi connectivity index (χ4v) is 3.91. The van der Waals surface area contributed by atoms with Crippen LogP contribution in [-0.2, 0) is 28.4 Å². The highest BCUT2D eigenvalue weighted by Crippen LogP contribution is 2.24. The number of alkyl carbamates (subject to hydrolysis) is 3. The van der Waals surface area contributed by atoms with Crippen LogP contribution in [0.1, 0.15) is 90.4 Å². The molecule has 0 aromatic carbocycles. The van der Waals surface area contributed by atoms with Gasteiger partial charge in [0.1, 0.15) is 39.6 Å². The summed E-state index contributed by atoms with van der Waals surface area (Å²) in [5, 5.41) is 33.2. The van der Waals surface area contributed by atoms with Gasteiger partial charge in [-0.2, -0.15) is 15.8 Å². The van der Waals surface area contributed by atoms with Gasteiger partial charge in [-0.3, -0.25) is 0 Å². The molecule has 3 N–H and O–H groups in total. The van der Waals surface area contributed by atoms with Crippen molar-refractivity contribution >= 4 is 18.3 Å². The van der Waals surface area contributed by atoms with Crippen molar-refractivity contribution in [3.63, 3.8) is 0 Å². The number of carbonyl (C=O) groups excluding carboxylic acids is 3. The molecule has 0 aliphatic carbocycles. The van der Waals surface area contributed by atoms with Crippen LogP contribution >= 0.6 is 0 Å². The van der Waals surface area contributed by atoms with Crippen molar-refractivity contribution in [1.29, 1.82) is 15.8 Å². The van der Waals surface area contributed by atoms with Crippen LogP contribution in [0.25, 0.3) is 0 Å². The highest BCUT2D eigenvalue weighted by atomic mass is 16.6. The minimum atomic E-state index is -0.964. The zero-order valence-electron chi connectivity index (χ0n) is 26.6. The fourth-order valence-electron chi connectivity index (χ4n) is 3.91. The largest absolute Gasteiger partial charge is 0.449 e. The van der Waals surface area contributed by atoms with Gasteiger partial charge < -0.3 is 44.4 Å². The van der Waals surface area contributed by atoms with Crippen LogP contribution < -0.4 is 16.0 Å². The molecule has 254 valence electrons. The molecular formula is C30H50N6O9. The van der Waals surface area contributed by atoms with E-state index in [0.717, 1.165) is 77.0 Å². The van der Waals surface area contributed by atoms with Crippen LogP contribution in [0.3, 0.4) is 0 Å². The summed E-state index contributed by atoms with van der Waals surface area (Å²) in [6, 6.07) is 0. The van der Waals surface area contributed by atoms with Gasteiger partial charge in [-0.25, -0.2) is 14.4 Å². The van der Waals surface area contributed by atoms with E-state index in [1.165, 1.54) is 0 Å². The molecule has 3 amide bonds. The Labute approximate surface area is 266 Å². The Morgan fingerprint density at radius 2 is 0.800 bits per heavy atom. The quantitative estimate of drug-likeness (QED) is 0.0602. The molecule has 0 aliphatic rings. The van der Waals surface area contributed by atoms with Crippen LogP contribution in [0.4, 0.5) is 14.4 Å². The second kappa shape index (κ2) is 29.7. The molecule has 0 saturated heterocycles. The van der Waals surface area contributed by atoms with Gasteiger partial charge in [-0.1, -0.05) is 26.2 Å². The third-order valence-electron chi connectivity index (χ3n) is 6.80. The minimum Gasteiger partial charge on any atom is -0.449 e. The first-order valence-corrected chi connectivity index (χ1v) is 15.7. The topological polar surface area (TPSA) is 214 Å². The Morgan fingerprint density at radius 1 is 0.511 bits per heavy atom. The first-order chi connectivity index (χ1) is 21.9. The number of nitrogens with zero attached hydrogens (tertiary/aromatic N) is 3. The predicted octanol–water partition coefficient (Wildman–Crippen LogP) is 4.74. The van der Waals surface area contributed by atoms with Crippen LogP contribution in [0.5, 0.6) is 0 Å². The van der Waals surface area contributed by atoms with E-state index < -0.39 is 23.7 Å². The number of carbonyl (C=O) groups is 3. The van der Waals surface area contributed by atoms with E-state index in [1.807, 2.05) is 6.92 Å². The first-order valence-electron chi connectivity index (χ1n) is 15.7. The summed E-state index contributed by atoms with van der Waals surface area (Å²) in [6.07, 6.45) is 13.0. The van der Waals surface area contributed by atoms with Gasteiger partial charge in [0.15, 0.2) is 0 Å². The average Bonchev–Trinajstić information content (AvgIpc) is 3.04. The normalized spacial score (nSPS) is 10.3. The molecule has 0 rings (SSSR count). The zero-order chi connectivity index (χ0) is 33.3. The molecule has 0 saturated carbocycles. The van der Waals surface area contributed by atoms with Gasteiger partial charge in [0.25, 0.3) is 18.8 Å². The average molecular weight is 639 g/mol. The van der Waals surface area contributed by atoms with E-state index in [9.17, 15) is 14.4 Å². The Kier molecular flexibility index (Phi) is 26.9. The van der Waals surface area contributed by atoms with Crippen molar-refractivity contribution < 1.29 is 42.8 Å². The molecule has 0 fully saturated rings. The molecule has 0 aromatic heterocycles. The maximum absolute atomic E-state index is 12.4. The first kappa shape index (κ1) is 40.7. The highest BCUT2D eigenvalue weighted by Gasteiger charge is 2.34. The zero-order valence-corrected chi connectivity index (χ0v) is 26.6. The third-order valence-corrected chi connectivity index (χ3v) is 6.80. The van der Waals surface area contributed by atoms with E-state index >= 15 is 0 Å². The SMILES string of the molecule is CCC(COC(=O)NCCCCCCOC#N)(COC(=O)NCCCCCCOC#N)COC(=O)NCCCCCCOC#N. The van der Waals surface area contributed by atoms with Gasteiger partial charge in [0, 0.05) is 19.6 Å². The number of rotatable bonds is 28. The Balaban J connectivity index is 4.70. The number of nitriles is 3. The summed E-state index contributed by atoms with van der Waals surface area (Å²) < 4.78 is 30.2. The summed E-state index contributed by atoms with van der Waals surface area (Å²) in [6.45, 7) is 3.77. The standard InChI is InChI=1S/C30H50N6O9/c1-2-30(21-43-27(37)34-15-9-3-6-12-18-40-24-31,22-44-28(38)35-16-10-4-7-13-19-41-25-32)23-45-29(39)36-17-11-5-8-14-20-42-26-33/h2-23H2,1H3,(H,34,37)(H,35,38)(H,36,39). The molecule has 15 nitrogen and oxygen atoms in total. The molecule has 0 atom stereocenters. The molecule has 0 aromatic rings. The number of nitrogens with one attached hydrogen (secondary N) is 3. The molecular weight excluding hydrogens is 588 g/mol. The monoisotopic (exact) mass is 638 g/mol. The molecule has 0 bridgehead atoms. The summed E-state index contributed by atoms with van der Waals surface area (Å²) in [5.41, 5.74) is -0.964. The van der Waals surface area contributed by atoms with Crippen LogP contribution in [-0.4, -0.2) is 77.6 Å². The van der Waals surface area contributed by atoms with E-state index in [1.54, 1.807) is 18.8 Å². The smallest absolute Gasteiger partial charge is 0.407 e. The van der Waals surface area contributed by atoms with Gasteiger partial charge in [0.05, 0.1) is 5.41 Å². The summed E-state index contributed by atoms with van der Waals surface area (Å²) in [5.74, 6) is 0. The van der Waals surface area contributed by atoms with Crippen molar-refractivity contribution in [3.05, 3.63) is 0 Å². The maximum atomic E-state index is 12.4. The predicted molar refractivity (Wildman–Crippen MR) is 161 cm³/mol.